The van der Waals surface area contributed by atoms with Crippen molar-refractivity contribution < 1.29 is 21.6 Å². The zero-order valence-electron chi connectivity index (χ0n) is 18.2. The second-order valence-corrected chi connectivity index (χ2v) is 9.84. The summed E-state index contributed by atoms with van der Waals surface area (Å²) in [4.78, 5) is 17.7. The first-order valence-electron chi connectivity index (χ1n) is 10.6. The van der Waals surface area contributed by atoms with Crippen molar-refractivity contribution in [3.05, 3.63) is 106 Å². The van der Waals surface area contributed by atoms with Crippen molar-refractivity contribution >= 4 is 20.9 Å². The van der Waals surface area contributed by atoms with Gasteiger partial charge in [0, 0.05) is 12.5 Å². The molecule has 0 N–H and O–H groups in total. The minimum absolute atomic E-state index is 0.0715. The maximum Gasteiger partial charge on any atom is 0.416 e. The highest BCUT2D eigenvalue weighted by Gasteiger charge is 2.32. The fourth-order valence-corrected chi connectivity index (χ4v) is 5.47. The van der Waals surface area contributed by atoms with Gasteiger partial charge in [-0.05, 0) is 48.9 Å². The molecule has 0 aliphatic heterocycles. The van der Waals surface area contributed by atoms with Crippen molar-refractivity contribution in [1.29, 1.82) is 0 Å². The van der Waals surface area contributed by atoms with Crippen molar-refractivity contribution in [2.45, 2.75) is 30.5 Å². The van der Waals surface area contributed by atoms with Crippen LogP contribution in [-0.2, 0) is 22.6 Å². The third-order valence-electron chi connectivity index (χ3n) is 5.65. The molecule has 0 aliphatic rings. The molecule has 4 aromatic rings. The number of benzene rings is 3. The van der Waals surface area contributed by atoms with Crippen LogP contribution in [-0.4, -0.2) is 23.7 Å². The average molecular weight is 487 g/mol. The van der Waals surface area contributed by atoms with Crippen LogP contribution in [0.1, 0.15) is 29.7 Å². The fourth-order valence-electron chi connectivity index (χ4n) is 3.94. The molecule has 0 amide bonds. The van der Waals surface area contributed by atoms with E-state index < -0.39 is 38.8 Å². The average Bonchev–Trinajstić information content (AvgIpc) is 2.82. The van der Waals surface area contributed by atoms with E-state index in [4.69, 9.17) is 0 Å². The number of fused-ring (bicyclic) bond motifs is 1. The Balaban J connectivity index is 1.85. The van der Waals surface area contributed by atoms with Gasteiger partial charge in [-0.15, -0.1) is 0 Å². The smallest absolute Gasteiger partial charge is 0.305 e. The van der Waals surface area contributed by atoms with E-state index in [9.17, 15) is 26.4 Å². The van der Waals surface area contributed by atoms with Gasteiger partial charge < -0.3 is 4.57 Å². The molecular formula is C25H21F3N2O3S. The second kappa shape index (κ2) is 9.06. The number of alkyl halides is 3. The van der Waals surface area contributed by atoms with Crippen molar-refractivity contribution in [1.82, 2.24) is 9.55 Å². The molecule has 0 spiro atoms. The lowest BCUT2D eigenvalue weighted by Gasteiger charge is -2.19. The molecule has 0 aliphatic carbocycles. The van der Waals surface area contributed by atoms with Gasteiger partial charge in [0.15, 0.2) is 9.84 Å². The Bertz CT molecular complexity index is 1480. The van der Waals surface area contributed by atoms with E-state index in [-0.39, 0.29) is 10.6 Å². The molecule has 0 radical (unpaired) electrons. The van der Waals surface area contributed by atoms with Gasteiger partial charge in [-0.25, -0.2) is 13.4 Å². The van der Waals surface area contributed by atoms with Gasteiger partial charge in [0.2, 0.25) is 0 Å². The molecule has 0 fully saturated rings. The zero-order valence-corrected chi connectivity index (χ0v) is 19.0. The Kier molecular flexibility index (Phi) is 6.31. The number of para-hydroxylation sites is 2. The Hall–Kier alpha value is -3.46. The van der Waals surface area contributed by atoms with Crippen molar-refractivity contribution in [2.24, 2.45) is 0 Å². The van der Waals surface area contributed by atoms with Crippen LogP contribution in [0.5, 0.6) is 0 Å². The van der Waals surface area contributed by atoms with Crippen LogP contribution in [0.3, 0.4) is 0 Å². The summed E-state index contributed by atoms with van der Waals surface area (Å²) in [7, 11) is -4.06. The molecule has 0 saturated carbocycles. The number of nitrogens with zero attached hydrogens (tertiary/aromatic N) is 2. The maximum absolute atomic E-state index is 13.4. The highest BCUT2D eigenvalue weighted by molar-refractivity contribution is 7.91. The standard InChI is InChI=1S/C25H21F3N2O3S/c1-2-30-22-11-7-6-10-21(22)29-23(24(30)31)20(17-8-4-3-5-9-17)16-34(32,33)19-14-12-18(13-15-19)25(26,27)28/h3-15,20H,2,16H2,1H3. The van der Waals surface area contributed by atoms with Crippen LogP contribution >= 0.6 is 0 Å². The van der Waals surface area contributed by atoms with Crippen LogP contribution in [0.25, 0.3) is 11.0 Å². The van der Waals surface area contributed by atoms with Crippen LogP contribution in [0, 0.1) is 0 Å². The molecule has 9 heteroatoms. The first kappa shape index (κ1) is 23.7. The zero-order chi connectivity index (χ0) is 24.5. The lowest BCUT2D eigenvalue weighted by atomic mass is 9.97. The predicted octanol–water partition coefficient (Wildman–Crippen LogP) is 5.04. The van der Waals surface area contributed by atoms with Crippen LogP contribution in [0.2, 0.25) is 0 Å². The van der Waals surface area contributed by atoms with Gasteiger partial charge >= 0.3 is 6.18 Å². The lowest BCUT2D eigenvalue weighted by Crippen LogP contribution is -2.30. The minimum Gasteiger partial charge on any atom is -0.305 e. The van der Waals surface area contributed by atoms with Crippen molar-refractivity contribution in [3.63, 3.8) is 0 Å². The molecular weight excluding hydrogens is 465 g/mol. The first-order chi connectivity index (χ1) is 16.1. The topological polar surface area (TPSA) is 69.0 Å². The molecule has 176 valence electrons. The van der Waals surface area contributed by atoms with Gasteiger partial charge in [0.1, 0.15) is 5.69 Å². The largest absolute Gasteiger partial charge is 0.416 e. The maximum atomic E-state index is 13.4. The lowest BCUT2D eigenvalue weighted by molar-refractivity contribution is -0.137. The predicted molar refractivity (Wildman–Crippen MR) is 123 cm³/mol. The van der Waals surface area contributed by atoms with Gasteiger partial charge in [-0.3, -0.25) is 4.79 Å². The van der Waals surface area contributed by atoms with E-state index in [0.717, 1.165) is 24.3 Å². The fraction of sp³-hybridized carbons (Fsp3) is 0.200. The van der Waals surface area contributed by atoms with Gasteiger partial charge in [0.25, 0.3) is 5.56 Å². The molecule has 5 nitrogen and oxygen atoms in total. The number of aromatic nitrogens is 2. The molecule has 0 bridgehead atoms. The molecule has 1 heterocycles. The van der Waals surface area contributed by atoms with Crippen molar-refractivity contribution in [3.8, 4) is 0 Å². The van der Waals surface area contributed by atoms with Crippen LogP contribution in [0.4, 0.5) is 13.2 Å². The van der Waals surface area contributed by atoms with E-state index in [1.807, 2.05) is 6.92 Å². The Labute approximate surface area is 194 Å². The SMILES string of the molecule is CCn1c(=O)c(C(CS(=O)(=O)c2ccc(C(F)(F)F)cc2)c2ccccc2)nc2ccccc21. The molecule has 0 saturated heterocycles. The number of sulfone groups is 1. The number of hydrogen-bond donors (Lipinski definition) is 0. The van der Waals surface area contributed by atoms with Gasteiger partial charge in [0.05, 0.1) is 27.2 Å². The summed E-state index contributed by atoms with van der Waals surface area (Å²) in [5.41, 5.74) is 0.483. The highest BCUT2D eigenvalue weighted by Crippen LogP contribution is 2.31. The highest BCUT2D eigenvalue weighted by atomic mass is 32.2. The molecule has 3 aromatic carbocycles. The molecule has 1 atom stereocenters. The monoisotopic (exact) mass is 486 g/mol. The van der Waals surface area contributed by atoms with Crippen molar-refractivity contribution in [2.75, 3.05) is 5.75 Å². The van der Waals surface area contributed by atoms with Gasteiger partial charge in [-0.2, -0.15) is 13.2 Å². The molecule has 1 aromatic heterocycles. The normalized spacial score (nSPS) is 13.2. The van der Waals surface area contributed by atoms with E-state index in [2.05, 4.69) is 4.98 Å². The van der Waals surface area contributed by atoms with E-state index in [1.165, 1.54) is 0 Å². The summed E-state index contributed by atoms with van der Waals surface area (Å²) in [5.74, 6) is -1.43. The third-order valence-corrected chi connectivity index (χ3v) is 7.42. The summed E-state index contributed by atoms with van der Waals surface area (Å²) >= 11 is 0. The summed E-state index contributed by atoms with van der Waals surface area (Å²) < 4.78 is 66.8. The number of aryl methyl sites for hydroxylation is 1. The Morgan fingerprint density at radius 2 is 1.53 bits per heavy atom. The Morgan fingerprint density at radius 1 is 0.912 bits per heavy atom. The molecule has 34 heavy (non-hydrogen) atoms. The Morgan fingerprint density at radius 3 is 2.15 bits per heavy atom. The van der Waals surface area contributed by atoms with Gasteiger partial charge in [-0.1, -0.05) is 42.5 Å². The summed E-state index contributed by atoms with van der Waals surface area (Å²) in [6.07, 6.45) is -4.57. The first-order valence-corrected chi connectivity index (χ1v) is 12.2. The summed E-state index contributed by atoms with van der Waals surface area (Å²) in [6.45, 7) is 2.18. The molecule has 4 rings (SSSR count). The van der Waals surface area contributed by atoms with Crippen LogP contribution in [0.15, 0.2) is 88.6 Å². The quantitative estimate of drug-likeness (QED) is 0.383. The van der Waals surface area contributed by atoms with E-state index >= 15 is 0 Å². The number of hydrogen-bond acceptors (Lipinski definition) is 4. The summed E-state index contributed by atoms with van der Waals surface area (Å²) in [6, 6.07) is 19.1. The van der Waals surface area contributed by atoms with E-state index in [1.54, 1.807) is 59.2 Å². The number of halogens is 3. The van der Waals surface area contributed by atoms with Crippen LogP contribution < -0.4 is 5.56 Å². The summed E-state index contributed by atoms with van der Waals surface area (Å²) in [5, 5.41) is 0. The second-order valence-electron chi connectivity index (χ2n) is 7.80. The minimum atomic E-state index is -4.57. The third kappa shape index (κ3) is 4.61. The number of rotatable bonds is 6. The molecule has 1 unspecified atom stereocenters. The van der Waals surface area contributed by atoms with E-state index in [0.29, 0.717) is 23.1 Å².